The van der Waals surface area contributed by atoms with Gasteiger partial charge in [-0.15, -0.1) is 0 Å². The van der Waals surface area contributed by atoms with E-state index in [1.807, 2.05) is 0 Å². The number of piperidine rings is 1. The molecular formula is C33H47NO5. The van der Waals surface area contributed by atoms with Crippen LogP contribution in [-0.2, 0) is 23.0 Å². The molecule has 214 valence electrons. The maximum atomic E-state index is 12.5. The van der Waals surface area contributed by atoms with E-state index in [1.165, 1.54) is 73.6 Å². The topological polar surface area (TPSA) is 79.2 Å². The summed E-state index contributed by atoms with van der Waals surface area (Å²) >= 11 is 0. The van der Waals surface area contributed by atoms with Crippen molar-refractivity contribution < 1.29 is 24.5 Å². The lowest BCUT2D eigenvalue weighted by atomic mass is 9.48. The summed E-state index contributed by atoms with van der Waals surface area (Å²) < 4.78 is 11.4. The first kappa shape index (κ1) is 27.1. The number of aliphatic hydroxyl groups is 1. The lowest BCUT2D eigenvalue weighted by Gasteiger charge is -2.63. The van der Waals surface area contributed by atoms with Crippen LogP contribution < -0.4 is 4.74 Å². The molecule has 2 heterocycles. The number of likely N-dealkylation sites (tertiary alicyclic amines) is 1. The van der Waals surface area contributed by atoms with Crippen LogP contribution in [0.2, 0.25) is 0 Å². The van der Waals surface area contributed by atoms with E-state index in [1.54, 1.807) is 0 Å². The molecule has 6 rings (SSSR count). The Morgan fingerprint density at radius 2 is 1.77 bits per heavy atom. The Balaban J connectivity index is 1.05. The van der Waals surface area contributed by atoms with E-state index < -0.39 is 11.8 Å². The van der Waals surface area contributed by atoms with Crippen molar-refractivity contribution in [2.24, 2.45) is 5.92 Å². The number of ether oxygens (including phenoxy) is 2. The highest BCUT2D eigenvalue weighted by molar-refractivity contribution is 5.62. The molecule has 1 spiro atoms. The van der Waals surface area contributed by atoms with Gasteiger partial charge in [-0.2, -0.15) is 0 Å². The van der Waals surface area contributed by atoms with Crippen molar-refractivity contribution in [3.63, 3.8) is 0 Å². The number of hydrogen-bond donors (Lipinski definition) is 2. The van der Waals surface area contributed by atoms with Crippen molar-refractivity contribution in [2.75, 3.05) is 19.7 Å². The standard InChI is InChI=1S/C33H47NO5/c1-23-16-17-33(37)27-21-26-15-14-25(11-9-7-5-3-2-4-6-8-10-20-38-31(35)36)29-28(26)32(33,30(23)39-29)18-19-34(27)22-24-12-13-24/h14-15,24,27,30,37H,1-13,16-22H2,(H,35,36)/t27?,30-,32-,33+/m0/s1. The molecule has 2 bridgehead atoms. The molecule has 2 N–H and O–H groups in total. The lowest BCUT2D eigenvalue weighted by Crippen LogP contribution is -2.75. The molecule has 2 aliphatic heterocycles. The van der Waals surface area contributed by atoms with Crippen molar-refractivity contribution in [1.29, 1.82) is 0 Å². The number of carboxylic acid groups (broad SMARTS) is 1. The van der Waals surface area contributed by atoms with Crippen molar-refractivity contribution in [1.82, 2.24) is 4.90 Å². The summed E-state index contributed by atoms with van der Waals surface area (Å²) in [6.07, 6.45) is 16.5. The van der Waals surface area contributed by atoms with Crippen LogP contribution in [0.15, 0.2) is 24.3 Å². The molecular weight excluding hydrogens is 490 g/mol. The number of carbonyl (C=O) groups is 1. The van der Waals surface area contributed by atoms with Crippen LogP contribution >= 0.6 is 0 Å². The van der Waals surface area contributed by atoms with Crippen molar-refractivity contribution in [2.45, 2.75) is 126 Å². The van der Waals surface area contributed by atoms with E-state index in [0.29, 0.717) is 6.61 Å². The maximum Gasteiger partial charge on any atom is 0.505 e. The number of unbranched alkanes of at least 4 members (excludes halogenated alkanes) is 8. The Labute approximate surface area is 233 Å². The Bertz CT molecular complexity index is 1080. The predicted molar refractivity (Wildman–Crippen MR) is 151 cm³/mol. The zero-order chi connectivity index (χ0) is 27.0. The Morgan fingerprint density at radius 1 is 1.05 bits per heavy atom. The molecule has 3 aliphatic carbocycles. The van der Waals surface area contributed by atoms with Gasteiger partial charge in [0.1, 0.15) is 11.9 Å². The van der Waals surface area contributed by atoms with Gasteiger partial charge in [-0.25, -0.2) is 4.79 Å². The van der Waals surface area contributed by atoms with Gasteiger partial charge < -0.3 is 19.7 Å². The summed E-state index contributed by atoms with van der Waals surface area (Å²) in [5.74, 6) is 1.93. The zero-order valence-corrected chi connectivity index (χ0v) is 23.6. The molecule has 1 aromatic carbocycles. The first-order valence-electron chi connectivity index (χ1n) is 15.8. The molecule has 39 heavy (non-hydrogen) atoms. The molecule has 1 unspecified atom stereocenters. The van der Waals surface area contributed by atoms with Gasteiger partial charge in [0, 0.05) is 18.2 Å². The first-order valence-corrected chi connectivity index (χ1v) is 15.8. The second-order valence-electron chi connectivity index (χ2n) is 13.1. The fourth-order valence-corrected chi connectivity index (χ4v) is 8.47. The molecule has 6 nitrogen and oxygen atoms in total. The SMILES string of the molecule is C=C1CC[C@@]2(O)C3Cc4ccc(CCCCCCCCCCCOC(=O)O)c5c4[C@@]2(CCN3CC2CC2)[C@H]1O5. The second-order valence-corrected chi connectivity index (χ2v) is 13.1. The summed E-state index contributed by atoms with van der Waals surface area (Å²) in [5, 5.41) is 21.0. The molecule has 1 saturated heterocycles. The quantitative estimate of drug-likeness (QED) is 0.159. The first-order chi connectivity index (χ1) is 18.9. The lowest BCUT2D eigenvalue weighted by molar-refractivity contribution is -0.174. The second kappa shape index (κ2) is 11.1. The van der Waals surface area contributed by atoms with Crippen LogP contribution in [0, 0.1) is 5.92 Å². The van der Waals surface area contributed by atoms with Crippen molar-refractivity contribution in [3.05, 3.63) is 41.0 Å². The van der Waals surface area contributed by atoms with E-state index in [2.05, 4.69) is 28.3 Å². The molecule has 1 aromatic rings. The molecule has 0 amide bonds. The third kappa shape index (κ3) is 4.90. The van der Waals surface area contributed by atoms with Gasteiger partial charge in [0.2, 0.25) is 0 Å². The zero-order valence-electron chi connectivity index (χ0n) is 23.6. The van der Waals surface area contributed by atoms with Gasteiger partial charge in [0.05, 0.1) is 17.6 Å². The molecule has 2 saturated carbocycles. The monoisotopic (exact) mass is 537 g/mol. The van der Waals surface area contributed by atoms with Crippen LogP contribution in [0.5, 0.6) is 5.75 Å². The minimum atomic E-state index is -1.17. The van der Waals surface area contributed by atoms with Crippen LogP contribution in [-0.4, -0.2) is 58.7 Å². The number of hydrogen-bond acceptors (Lipinski definition) is 5. The van der Waals surface area contributed by atoms with Gasteiger partial charge in [-0.05, 0) is 87.0 Å². The number of nitrogens with zero attached hydrogens (tertiary/aromatic N) is 1. The Kier molecular flexibility index (Phi) is 7.71. The van der Waals surface area contributed by atoms with Crippen LogP contribution in [0.3, 0.4) is 0 Å². The number of benzene rings is 1. The van der Waals surface area contributed by atoms with E-state index >= 15 is 0 Å². The minimum absolute atomic E-state index is 0.0762. The fourth-order valence-electron chi connectivity index (χ4n) is 8.47. The largest absolute Gasteiger partial charge is 0.505 e. The summed E-state index contributed by atoms with van der Waals surface area (Å²) in [7, 11) is 0. The van der Waals surface area contributed by atoms with E-state index in [4.69, 9.17) is 9.84 Å². The third-order valence-corrected chi connectivity index (χ3v) is 10.6. The van der Waals surface area contributed by atoms with E-state index in [9.17, 15) is 9.90 Å². The molecule has 0 radical (unpaired) electrons. The highest BCUT2D eigenvalue weighted by atomic mass is 16.7. The molecule has 5 aliphatic rings. The highest BCUT2D eigenvalue weighted by Gasteiger charge is 2.71. The molecule has 6 heteroatoms. The molecule has 0 aromatic heterocycles. The maximum absolute atomic E-state index is 12.5. The Morgan fingerprint density at radius 3 is 2.49 bits per heavy atom. The average molecular weight is 538 g/mol. The number of rotatable bonds is 14. The van der Waals surface area contributed by atoms with Crippen LogP contribution in [0.25, 0.3) is 0 Å². The van der Waals surface area contributed by atoms with Gasteiger partial charge in [-0.1, -0.05) is 63.7 Å². The average Bonchev–Trinajstić information content (AvgIpc) is 3.65. The van der Waals surface area contributed by atoms with Crippen LogP contribution in [0.4, 0.5) is 4.79 Å². The minimum Gasteiger partial charge on any atom is -0.484 e. The summed E-state index contributed by atoms with van der Waals surface area (Å²) in [4.78, 5) is 13.0. The normalized spacial score (nSPS) is 30.6. The summed E-state index contributed by atoms with van der Waals surface area (Å²) in [5.41, 5.74) is 4.24. The molecule has 4 atom stereocenters. The fraction of sp³-hybridized carbons (Fsp3) is 0.727. The van der Waals surface area contributed by atoms with Gasteiger partial charge in [0.25, 0.3) is 0 Å². The van der Waals surface area contributed by atoms with Crippen LogP contribution in [0.1, 0.15) is 107 Å². The van der Waals surface area contributed by atoms with Crippen molar-refractivity contribution in [3.8, 4) is 5.75 Å². The highest BCUT2D eigenvalue weighted by Crippen LogP contribution is 2.65. The smallest absolute Gasteiger partial charge is 0.484 e. The third-order valence-electron chi connectivity index (χ3n) is 10.6. The van der Waals surface area contributed by atoms with Gasteiger partial charge >= 0.3 is 6.16 Å². The van der Waals surface area contributed by atoms with Crippen molar-refractivity contribution >= 4 is 6.16 Å². The number of aryl methyl sites for hydroxylation is 1. The van der Waals surface area contributed by atoms with E-state index in [-0.39, 0.29) is 17.6 Å². The summed E-state index contributed by atoms with van der Waals surface area (Å²) in [6, 6.07) is 4.89. The summed E-state index contributed by atoms with van der Waals surface area (Å²) in [6.45, 7) is 7.00. The van der Waals surface area contributed by atoms with Gasteiger partial charge in [-0.3, -0.25) is 4.90 Å². The Hall–Kier alpha value is -2.05. The predicted octanol–water partition coefficient (Wildman–Crippen LogP) is 6.55. The molecule has 3 fully saturated rings. The van der Waals surface area contributed by atoms with E-state index in [0.717, 1.165) is 76.1 Å². The van der Waals surface area contributed by atoms with Gasteiger partial charge in [0.15, 0.2) is 0 Å².